The summed E-state index contributed by atoms with van der Waals surface area (Å²) in [7, 11) is 1.57. The van der Waals surface area contributed by atoms with Gasteiger partial charge in [0, 0.05) is 19.8 Å². The summed E-state index contributed by atoms with van der Waals surface area (Å²) in [4.78, 5) is 0. The average molecular weight is 436 g/mol. The van der Waals surface area contributed by atoms with E-state index in [1.165, 1.54) is 75.3 Å². The highest BCUT2D eigenvalue weighted by molar-refractivity contribution is 6.65. The second-order valence-electron chi connectivity index (χ2n) is 9.45. The fourth-order valence-electron chi connectivity index (χ4n) is 4.11. The van der Waals surface area contributed by atoms with Gasteiger partial charge in [-0.25, -0.2) is 0 Å². The molecule has 0 aliphatic carbocycles. The van der Waals surface area contributed by atoms with E-state index in [9.17, 15) is 0 Å². The third-order valence-corrected chi connectivity index (χ3v) is 9.59. The summed E-state index contributed by atoms with van der Waals surface area (Å²) in [5.41, 5.74) is 9.13. The highest BCUT2D eigenvalue weighted by atomic mass is 28.4. The van der Waals surface area contributed by atoms with Crippen molar-refractivity contribution < 1.29 is 8.85 Å². The van der Waals surface area contributed by atoms with Crippen molar-refractivity contribution in [3.8, 4) is 0 Å². The molecular formula is C26H49NO2Si. The summed E-state index contributed by atoms with van der Waals surface area (Å²) in [6.45, 7) is 6.61. The molecule has 174 valence electrons. The Morgan fingerprint density at radius 1 is 0.867 bits per heavy atom. The summed E-state index contributed by atoms with van der Waals surface area (Å²) >= 11 is 0. The predicted molar refractivity (Wildman–Crippen MR) is 133 cm³/mol. The number of hydrogen-bond acceptors (Lipinski definition) is 3. The van der Waals surface area contributed by atoms with Crippen LogP contribution in [0.15, 0.2) is 24.3 Å². The van der Waals surface area contributed by atoms with E-state index in [0.717, 1.165) is 25.3 Å². The van der Waals surface area contributed by atoms with Gasteiger partial charge < -0.3 is 14.6 Å². The average Bonchev–Trinajstić information content (AvgIpc) is 2.75. The highest BCUT2D eigenvalue weighted by Crippen LogP contribution is 2.26. The molecule has 30 heavy (non-hydrogen) atoms. The second kappa shape index (κ2) is 15.2. The lowest BCUT2D eigenvalue weighted by Crippen LogP contribution is -2.35. The molecule has 0 spiro atoms. The van der Waals surface area contributed by atoms with Crippen molar-refractivity contribution in [3.63, 3.8) is 0 Å². The first kappa shape index (κ1) is 27.4. The zero-order valence-electron chi connectivity index (χ0n) is 20.6. The Labute approximate surface area is 188 Å². The Kier molecular flexibility index (Phi) is 13.8. The van der Waals surface area contributed by atoms with Crippen LogP contribution >= 0.6 is 0 Å². The first-order valence-corrected chi connectivity index (χ1v) is 14.9. The van der Waals surface area contributed by atoms with Gasteiger partial charge in [0.2, 0.25) is 0 Å². The van der Waals surface area contributed by atoms with Crippen LogP contribution in [0.4, 0.5) is 0 Å². The van der Waals surface area contributed by atoms with Crippen molar-refractivity contribution in [2.24, 2.45) is 5.73 Å². The molecule has 1 rings (SSSR count). The van der Waals surface area contributed by atoms with Crippen LogP contribution in [-0.2, 0) is 20.8 Å². The maximum absolute atomic E-state index is 6.72. The van der Waals surface area contributed by atoms with Gasteiger partial charge in [0.1, 0.15) is 0 Å². The smallest absolute Gasteiger partial charge is 0.334 e. The van der Waals surface area contributed by atoms with Crippen molar-refractivity contribution in [1.29, 1.82) is 0 Å². The normalized spacial score (nSPS) is 14.1. The van der Waals surface area contributed by atoms with Gasteiger partial charge in [-0.1, -0.05) is 95.4 Å². The standard InChI is InChI=1S/C26H49NO2Si/c1-6-7-8-9-10-11-12-13-14-15-21-26(2,27)25-20-16-18-24(23-25)19-17-22-30(5,28-3)29-4/h16,18,20,23H,6-15,17,19,21-22,27H2,1-5H3. The molecule has 0 fully saturated rings. The monoisotopic (exact) mass is 435 g/mol. The Hall–Kier alpha value is -0.683. The van der Waals surface area contributed by atoms with Crippen LogP contribution in [-0.4, -0.2) is 22.8 Å². The lowest BCUT2D eigenvalue weighted by Gasteiger charge is -2.26. The van der Waals surface area contributed by atoms with Gasteiger partial charge in [-0.2, -0.15) is 0 Å². The molecule has 4 heteroatoms. The van der Waals surface area contributed by atoms with E-state index in [1.807, 2.05) is 0 Å². The molecule has 0 aliphatic rings. The van der Waals surface area contributed by atoms with Gasteiger partial charge in [0.15, 0.2) is 0 Å². The van der Waals surface area contributed by atoms with Crippen LogP contribution in [0.2, 0.25) is 12.6 Å². The molecule has 1 unspecified atom stereocenters. The summed E-state index contributed by atoms with van der Waals surface area (Å²) in [6, 6.07) is 9.91. The minimum absolute atomic E-state index is 0.238. The Morgan fingerprint density at radius 3 is 2.00 bits per heavy atom. The van der Waals surface area contributed by atoms with Gasteiger partial charge in [-0.3, -0.25) is 0 Å². The summed E-state index contributed by atoms with van der Waals surface area (Å²) in [6.07, 6.45) is 16.9. The van der Waals surface area contributed by atoms with Crippen LogP contribution in [0.1, 0.15) is 102 Å². The Bertz CT molecular complexity index is 558. The van der Waals surface area contributed by atoms with E-state index in [2.05, 4.69) is 44.7 Å². The summed E-state index contributed by atoms with van der Waals surface area (Å²) < 4.78 is 11.2. The fourth-order valence-corrected chi connectivity index (χ4v) is 5.50. The molecule has 0 aliphatic heterocycles. The molecule has 0 radical (unpaired) electrons. The van der Waals surface area contributed by atoms with E-state index >= 15 is 0 Å². The molecular weight excluding hydrogens is 386 g/mol. The van der Waals surface area contributed by atoms with Gasteiger partial charge in [0.25, 0.3) is 0 Å². The van der Waals surface area contributed by atoms with Crippen molar-refractivity contribution in [1.82, 2.24) is 0 Å². The largest absolute Gasteiger partial charge is 0.398 e. The topological polar surface area (TPSA) is 44.5 Å². The van der Waals surface area contributed by atoms with Gasteiger partial charge in [-0.15, -0.1) is 0 Å². The predicted octanol–water partition coefficient (Wildman–Crippen LogP) is 7.47. The number of aryl methyl sites for hydroxylation is 1. The Morgan fingerprint density at radius 2 is 1.43 bits per heavy atom. The first-order valence-electron chi connectivity index (χ1n) is 12.4. The lowest BCUT2D eigenvalue weighted by molar-refractivity contribution is 0.248. The quantitative estimate of drug-likeness (QED) is 0.192. The fraction of sp³-hybridized carbons (Fsp3) is 0.769. The van der Waals surface area contributed by atoms with E-state index in [1.54, 1.807) is 14.2 Å². The molecule has 0 heterocycles. The third-order valence-electron chi connectivity index (χ3n) is 6.60. The zero-order chi connectivity index (χ0) is 22.3. The van der Waals surface area contributed by atoms with Crippen LogP contribution in [0.3, 0.4) is 0 Å². The van der Waals surface area contributed by atoms with E-state index < -0.39 is 8.56 Å². The molecule has 0 saturated carbocycles. The minimum Gasteiger partial charge on any atom is -0.398 e. The van der Waals surface area contributed by atoms with E-state index in [0.29, 0.717) is 0 Å². The third kappa shape index (κ3) is 11.1. The first-order chi connectivity index (χ1) is 14.4. The maximum Gasteiger partial charge on any atom is 0.334 e. The molecule has 1 aromatic rings. The molecule has 0 aromatic heterocycles. The van der Waals surface area contributed by atoms with E-state index in [-0.39, 0.29) is 5.54 Å². The molecule has 1 aromatic carbocycles. The molecule has 2 N–H and O–H groups in total. The molecule has 0 bridgehead atoms. The lowest BCUT2D eigenvalue weighted by atomic mass is 9.86. The number of rotatable bonds is 18. The molecule has 0 saturated heterocycles. The van der Waals surface area contributed by atoms with Crippen LogP contribution < -0.4 is 5.73 Å². The zero-order valence-corrected chi connectivity index (χ0v) is 21.6. The molecule has 1 atom stereocenters. The SMILES string of the molecule is CCCCCCCCCCCCC(C)(N)c1cccc(CCC[Si](C)(OC)OC)c1. The molecule has 3 nitrogen and oxygen atoms in total. The van der Waals surface area contributed by atoms with Crippen molar-refractivity contribution in [2.75, 3.05) is 14.2 Å². The van der Waals surface area contributed by atoms with Crippen molar-refractivity contribution in [3.05, 3.63) is 35.4 Å². The summed E-state index contributed by atoms with van der Waals surface area (Å²) in [5, 5.41) is 0. The maximum atomic E-state index is 6.72. The number of hydrogen-bond donors (Lipinski definition) is 1. The van der Waals surface area contributed by atoms with Crippen LogP contribution in [0.25, 0.3) is 0 Å². The van der Waals surface area contributed by atoms with E-state index in [4.69, 9.17) is 14.6 Å². The highest BCUT2D eigenvalue weighted by Gasteiger charge is 2.27. The van der Waals surface area contributed by atoms with Crippen molar-refractivity contribution in [2.45, 2.75) is 115 Å². The van der Waals surface area contributed by atoms with Gasteiger partial charge in [-0.05, 0) is 49.9 Å². The van der Waals surface area contributed by atoms with Crippen LogP contribution in [0, 0.1) is 0 Å². The summed E-state index contributed by atoms with van der Waals surface area (Å²) in [5.74, 6) is 0. The second-order valence-corrected chi connectivity index (χ2v) is 13.0. The molecule has 0 amide bonds. The van der Waals surface area contributed by atoms with Crippen LogP contribution in [0.5, 0.6) is 0 Å². The number of benzene rings is 1. The van der Waals surface area contributed by atoms with Gasteiger partial charge >= 0.3 is 8.56 Å². The van der Waals surface area contributed by atoms with Gasteiger partial charge in [0.05, 0.1) is 0 Å². The number of nitrogens with two attached hydrogens (primary N) is 1. The Balaban J connectivity index is 2.32. The minimum atomic E-state index is -1.97. The number of unbranched alkanes of at least 4 members (excludes halogenated alkanes) is 9. The van der Waals surface area contributed by atoms with Crippen molar-refractivity contribution >= 4 is 8.56 Å².